The molecule has 0 radical (unpaired) electrons. The molecule has 0 saturated carbocycles. The maximum Gasteiger partial charge on any atom is 0.256 e. The quantitative estimate of drug-likeness (QED) is 0.780. The molecule has 3 aliphatic rings. The minimum Gasteiger partial charge on any atom is -0.368 e. The van der Waals surface area contributed by atoms with E-state index in [4.69, 9.17) is 9.72 Å². The molecule has 9 nitrogen and oxygen atoms in total. The van der Waals surface area contributed by atoms with Crippen LogP contribution in [0.15, 0.2) is 23.3 Å². The van der Waals surface area contributed by atoms with Gasteiger partial charge in [0.25, 0.3) is 17.4 Å². The van der Waals surface area contributed by atoms with Crippen LogP contribution in [0.2, 0.25) is 0 Å². The lowest BCUT2D eigenvalue weighted by Gasteiger charge is -2.30. The van der Waals surface area contributed by atoms with Gasteiger partial charge in [-0.3, -0.25) is 19.4 Å². The molecule has 168 valence electrons. The van der Waals surface area contributed by atoms with Crippen molar-refractivity contribution in [2.45, 2.75) is 57.7 Å². The van der Waals surface area contributed by atoms with Gasteiger partial charge in [-0.15, -0.1) is 0 Å². The normalized spacial score (nSPS) is 22.8. The van der Waals surface area contributed by atoms with Crippen LogP contribution in [0.3, 0.4) is 0 Å². The van der Waals surface area contributed by atoms with E-state index in [9.17, 15) is 14.4 Å². The summed E-state index contributed by atoms with van der Waals surface area (Å²) in [4.78, 5) is 54.1. The highest BCUT2D eigenvalue weighted by atomic mass is 16.5. The molecule has 2 atom stereocenters. The summed E-state index contributed by atoms with van der Waals surface area (Å²) in [5, 5.41) is 0. The molecular formula is C23H27N5O4. The Morgan fingerprint density at radius 3 is 2.88 bits per heavy atom. The fourth-order valence-electron chi connectivity index (χ4n) is 4.93. The van der Waals surface area contributed by atoms with Gasteiger partial charge in [-0.25, -0.2) is 4.98 Å². The van der Waals surface area contributed by atoms with Crippen molar-refractivity contribution < 1.29 is 14.3 Å². The SMILES string of the molecule is Cc1cnccc1C(=O)N1CCc2nc(C3CCCN3C(=O)C3CCCO3)[nH]c(=O)c2C1. The van der Waals surface area contributed by atoms with E-state index in [1.54, 1.807) is 23.4 Å². The van der Waals surface area contributed by atoms with Crippen LogP contribution in [0.4, 0.5) is 0 Å². The molecule has 2 fully saturated rings. The van der Waals surface area contributed by atoms with Gasteiger partial charge in [0.15, 0.2) is 0 Å². The lowest BCUT2D eigenvalue weighted by Crippen LogP contribution is -2.42. The molecule has 2 aromatic heterocycles. The lowest BCUT2D eigenvalue weighted by atomic mass is 10.0. The van der Waals surface area contributed by atoms with E-state index in [1.165, 1.54) is 0 Å². The van der Waals surface area contributed by atoms with Crippen LogP contribution < -0.4 is 5.56 Å². The smallest absolute Gasteiger partial charge is 0.256 e. The van der Waals surface area contributed by atoms with Gasteiger partial charge in [-0.2, -0.15) is 0 Å². The molecule has 0 bridgehead atoms. The number of rotatable bonds is 3. The lowest BCUT2D eigenvalue weighted by molar-refractivity contribution is -0.142. The molecule has 2 unspecified atom stereocenters. The largest absolute Gasteiger partial charge is 0.368 e. The highest BCUT2D eigenvalue weighted by Gasteiger charge is 2.37. The van der Waals surface area contributed by atoms with E-state index in [0.717, 1.165) is 36.9 Å². The fraction of sp³-hybridized carbons (Fsp3) is 0.522. The van der Waals surface area contributed by atoms with Gasteiger partial charge in [0.05, 0.1) is 23.8 Å². The Morgan fingerprint density at radius 1 is 1.22 bits per heavy atom. The molecular weight excluding hydrogens is 410 g/mol. The monoisotopic (exact) mass is 437 g/mol. The minimum atomic E-state index is -0.379. The van der Waals surface area contributed by atoms with Gasteiger partial charge in [0, 0.05) is 44.1 Å². The number of pyridine rings is 1. The Hall–Kier alpha value is -3.07. The zero-order valence-corrected chi connectivity index (χ0v) is 18.2. The first-order valence-corrected chi connectivity index (χ1v) is 11.3. The third kappa shape index (κ3) is 3.70. The molecule has 2 amide bonds. The summed E-state index contributed by atoms with van der Waals surface area (Å²) < 4.78 is 5.58. The Balaban J connectivity index is 1.37. The number of nitrogens with one attached hydrogen (secondary N) is 1. The maximum absolute atomic E-state index is 13.0. The van der Waals surface area contributed by atoms with Gasteiger partial charge >= 0.3 is 0 Å². The Bertz CT molecular complexity index is 1110. The van der Waals surface area contributed by atoms with Crippen LogP contribution in [0, 0.1) is 6.92 Å². The zero-order valence-electron chi connectivity index (χ0n) is 18.2. The number of aromatic nitrogens is 3. The standard InChI is InChI=1S/C23H27N5O4/c1-14-12-24-8-6-15(14)22(30)27-10-7-17-16(13-27)21(29)26-20(25-17)18-4-2-9-28(18)23(31)19-5-3-11-32-19/h6,8,12,18-19H,2-5,7,9-11,13H2,1H3,(H,25,26,29). The third-order valence-electron chi connectivity index (χ3n) is 6.68. The number of carbonyl (C=O) groups is 2. The van der Waals surface area contributed by atoms with Crippen LogP contribution in [0.25, 0.3) is 0 Å². The van der Waals surface area contributed by atoms with Gasteiger partial charge in [0.2, 0.25) is 0 Å². The van der Waals surface area contributed by atoms with Gasteiger partial charge in [0.1, 0.15) is 11.9 Å². The number of hydrogen-bond acceptors (Lipinski definition) is 6. The summed E-state index contributed by atoms with van der Waals surface area (Å²) in [5.41, 5.74) is 2.41. The van der Waals surface area contributed by atoms with Crippen LogP contribution in [0.1, 0.15) is 64.7 Å². The van der Waals surface area contributed by atoms with Crippen LogP contribution >= 0.6 is 0 Å². The van der Waals surface area contributed by atoms with Crippen molar-refractivity contribution >= 4 is 11.8 Å². The first kappa shape index (κ1) is 20.8. The summed E-state index contributed by atoms with van der Waals surface area (Å²) >= 11 is 0. The van der Waals surface area contributed by atoms with Gasteiger partial charge in [-0.05, 0) is 44.2 Å². The van der Waals surface area contributed by atoms with Crippen molar-refractivity contribution in [3.05, 3.63) is 57.0 Å². The van der Waals surface area contributed by atoms with E-state index >= 15 is 0 Å². The van der Waals surface area contributed by atoms with E-state index in [1.807, 2.05) is 11.8 Å². The average Bonchev–Trinajstić information content (AvgIpc) is 3.51. The van der Waals surface area contributed by atoms with Crippen LogP contribution in [-0.4, -0.2) is 62.4 Å². The first-order valence-electron chi connectivity index (χ1n) is 11.3. The molecule has 0 aliphatic carbocycles. The molecule has 32 heavy (non-hydrogen) atoms. The van der Waals surface area contributed by atoms with Gasteiger partial charge < -0.3 is 19.5 Å². The summed E-state index contributed by atoms with van der Waals surface area (Å²) in [7, 11) is 0. The number of aryl methyl sites for hydroxylation is 1. The molecule has 0 spiro atoms. The zero-order chi connectivity index (χ0) is 22.2. The average molecular weight is 438 g/mol. The molecule has 5 rings (SSSR count). The van der Waals surface area contributed by atoms with Crippen molar-refractivity contribution in [3.63, 3.8) is 0 Å². The summed E-state index contributed by atoms with van der Waals surface area (Å²) in [6, 6.07) is 1.47. The van der Waals surface area contributed by atoms with E-state index < -0.39 is 0 Å². The Morgan fingerprint density at radius 2 is 2.09 bits per heavy atom. The molecule has 5 heterocycles. The first-order chi connectivity index (χ1) is 15.5. The Labute approximate surface area is 185 Å². The second-order valence-corrected chi connectivity index (χ2v) is 8.74. The predicted octanol–water partition coefficient (Wildman–Crippen LogP) is 1.51. The highest BCUT2D eigenvalue weighted by Crippen LogP contribution is 2.32. The summed E-state index contributed by atoms with van der Waals surface area (Å²) in [5.74, 6) is 0.431. The third-order valence-corrected chi connectivity index (χ3v) is 6.68. The van der Waals surface area contributed by atoms with E-state index in [0.29, 0.717) is 43.1 Å². The second-order valence-electron chi connectivity index (χ2n) is 8.74. The molecule has 1 N–H and O–H groups in total. The molecule has 2 saturated heterocycles. The highest BCUT2D eigenvalue weighted by molar-refractivity contribution is 5.95. The van der Waals surface area contributed by atoms with Crippen molar-refractivity contribution in [1.82, 2.24) is 24.8 Å². The number of H-pyrrole nitrogens is 1. The number of likely N-dealkylation sites (tertiary alicyclic amines) is 1. The van der Waals surface area contributed by atoms with Crippen molar-refractivity contribution in [2.75, 3.05) is 19.7 Å². The summed E-state index contributed by atoms with van der Waals surface area (Å²) in [6.45, 7) is 3.84. The number of nitrogens with zero attached hydrogens (tertiary/aromatic N) is 4. The van der Waals surface area contributed by atoms with Crippen LogP contribution in [-0.2, 0) is 22.5 Å². The van der Waals surface area contributed by atoms with Crippen molar-refractivity contribution in [3.8, 4) is 0 Å². The molecule has 2 aromatic rings. The topological polar surface area (TPSA) is 108 Å². The van der Waals surface area contributed by atoms with Crippen molar-refractivity contribution in [2.24, 2.45) is 0 Å². The number of hydrogen-bond donors (Lipinski definition) is 1. The fourth-order valence-corrected chi connectivity index (χ4v) is 4.93. The number of fused-ring (bicyclic) bond motifs is 1. The number of amides is 2. The van der Waals surface area contributed by atoms with Crippen LogP contribution in [0.5, 0.6) is 0 Å². The van der Waals surface area contributed by atoms with E-state index in [2.05, 4.69) is 9.97 Å². The Kier molecular flexibility index (Phi) is 5.50. The maximum atomic E-state index is 13.0. The minimum absolute atomic E-state index is 0.00476. The number of ether oxygens (including phenoxy) is 1. The molecule has 3 aliphatic heterocycles. The second kappa shape index (κ2) is 8.46. The summed E-state index contributed by atoms with van der Waals surface area (Å²) in [6.07, 6.45) is 6.68. The van der Waals surface area contributed by atoms with Crippen molar-refractivity contribution in [1.29, 1.82) is 0 Å². The predicted molar refractivity (Wildman–Crippen MR) is 115 cm³/mol. The van der Waals surface area contributed by atoms with Gasteiger partial charge in [-0.1, -0.05) is 0 Å². The molecule has 0 aromatic carbocycles. The number of carbonyl (C=O) groups excluding carboxylic acids is 2. The molecule has 9 heteroatoms. The number of aromatic amines is 1. The van der Waals surface area contributed by atoms with E-state index in [-0.39, 0.29) is 36.1 Å².